The Morgan fingerprint density at radius 1 is 1.30 bits per heavy atom. The molecule has 1 amide bonds. The molecule has 2 fully saturated rings. The van der Waals surface area contributed by atoms with Crippen LogP contribution in [-0.4, -0.2) is 23.0 Å². The summed E-state index contributed by atoms with van der Waals surface area (Å²) in [6.45, 7) is 1.97. The van der Waals surface area contributed by atoms with Crippen molar-refractivity contribution in [3.05, 3.63) is 24.0 Å². The van der Waals surface area contributed by atoms with E-state index in [2.05, 4.69) is 15.6 Å². The van der Waals surface area contributed by atoms with Crippen LogP contribution in [0.25, 0.3) is 0 Å². The summed E-state index contributed by atoms with van der Waals surface area (Å²) in [5, 5.41) is 6.60. The lowest BCUT2D eigenvalue weighted by molar-refractivity contribution is -0.119. The molecule has 1 aliphatic carbocycles. The van der Waals surface area contributed by atoms with Crippen LogP contribution in [0.2, 0.25) is 0 Å². The molecule has 20 heavy (non-hydrogen) atoms. The molecule has 4 heteroatoms. The lowest BCUT2D eigenvalue weighted by Crippen LogP contribution is -2.53. The van der Waals surface area contributed by atoms with Crippen molar-refractivity contribution in [1.29, 1.82) is 0 Å². The number of carbonyl (C=O) groups is 1. The number of aryl methyl sites for hydroxylation is 1. The Morgan fingerprint density at radius 2 is 2.15 bits per heavy atom. The van der Waals surface area contributed by atoms with Crippen molar-refractivity contribution in [3.8, 4) is 0 Å². The smallest absolute Gasteiger partial charge is 0.241 e. The number of rotatable bonds is 2. The minimum absolute atomic E-state index is 0.0399. The predicted octanol–water partition coefficient (Wildman–Crippen LogP) is 2.64. The first kappa shape index (κ1) is 13.6. The van der Waals surface area contributed by atoms with Crippen LogP contribution in [0, 0.1) is 12.8 Å². The quantitative estimate of drug-likeness (QED) is 0.871. The van der Waals surface area contributed by atoms with Gasteiger partial charge in [-0.25, -0.2) is 0 Å². The van der Waals surface area contributed by atoms with E-state index in [1.54, 1.807) is 12.4 Å². The zero-order valence-electron chi connectivity index (χ0n) is 12.1. The molecular formula is C16H23N3O. The SMILES string of the molecule is Cc1cnccc1NC(=O)C1CCC2CCCCC2N1. The third-order valence-corrected chi connectivity index (χ3v) is 4.75. The number of anilines is 1. The minimum atomic E-state index is -0.0399. The molecule has 0 spiro atoms. The van der Waals surface area contributed by atoms with E-state index in [1.165, 1.54) is 32.1 Å². The fourth-order valence-electron chi connectivity index (χ4n) is 3.54. The first-order valence-electron chi connectivity index (χ1n) is 7.71. The monoisotopic (exact) mass is 273 g/mol. The number of carbonyl (C=O) groups excluding carboxylic acids is 1. The predicted molar refractivity (Wildman–Crippen MR) is 79.5 cm³/mol. The third kappa shape index (κ3) is 2.85. The van der Waals surface area contributed by atoms with E-state index in [0.717, 1.165) is 23.6 Å². The molecule has 1 saturated heterocycles. The Balaban J connectivity index is 1.62. The number of nitrogens with zero attached hydrogens (tertiary/aromatic N) is 1. The summed E-state index contributed by atoms with van der Waals surface area (Å²) in [6, 6.07) is 2.37. The Morgan fingerprint density at radius 3 is 3.00 bits per heavy atom. The average molecular weight is 273 g/mol. The van der Waals surface area contributed by atoms with Crippen LogP contribution >= 0.6 is 0 Å². The maximum absolute atomic E-state index is 12.4. The van der Waals surface area contributed by atoms with E-state index in [0.29, 0.717) is 6.04 Å². The zero-order valence-corrected chi connectivity index (χ0v) is 12.1. The molecule has 0 aromatic carbocycles. The Labute approximate surface area is 120 Å². The highest BCUT2D eigenvalue weighted by Gasteiger charge is 2.34. The van der Waals surface area contributed by atoms with Crippen LogP contribution < -0.4 is 10.6 Å². The number of amides is 1. The fraction of sp³-hybridized carbons (Fsp3) is 0.625. The third-order valence-electron chi connectivity index (χ3n) is 4.75. The van der Waals surface area contributed by atoms with Crippen LogP contribution in [-0.2, 0) is 4.79 Å². The van der Waals surface area contributed by atoms with Gasteiger partial charge in [-0.3, -0.25) is 9.78 Å². The molecule has 3 rings (SSSR count). The van der Waals surface area contributed by atoms with Gasteiger partial charge in [0, 0.05) is 24.1 Å². The van der Waals surface area contributed by atoms with Gasteiger partial charge in [0.25, 0.3) is 0 Å². The van der Waals surface area contributed by atoms with Gasteiger partial charge < -0.3 is 10.6 Å². The molecule has 3 unspecified atom stereocenters. The zero-order chi connectivity index (χ0) is 13.9. The summed E-state index contributed by atoms with van der Waals surface area (Å²) in [6.07, 6.45) is 10.8. The summed E-state index contributed by atoms with van der Waals surface area (Å²) >= 11 is 0. The van der Waals surface area contributed by atoms with Crippen LogP contribution in [0.1, 0.15) is 44.1 Å². The highest BCUT2D eigenvalue weighted by Crippen LogP contribution is 2.32. The molecule has 0 bridgehead atoms. The summed E-state index contributed by atoms with van der Waals surface area (Å²) < 4.78 is 0. The van der Waals surface area contributed by atoms with E-state index in [1.807, 2.05) is 13.0 Å². The summed E-state index contributed by atoms with van der Waals surface area (Å²) in [4.78, 5) is 16.5. The normalized spacial score (nSPS) is 29.6. The fourth-order valence-corrected chi connectivity index (χ4v) is 3.54. The first-order valence-corrected chi connectivity index (χ1v) is 7.71. The maximum Gasteiger partial charge on any atom is 0.241 e. The Bertz CT molecular complexity index is 488. The molecule has 1 aromatic heterocycles. The Kier molecular flexibility index (Phi) is 4.01. The summed E-state index contributed by atoms with van der Waals surface area (Å²) in [5.41, 5.74) is 1.88. The number of fused-ring (bicyclic) bond motifs is 1. The van der Waals surface area contributed by atoms with Gasteiger partial charge in [0.1, 0.15) is 0 Å². The number of hydrogen-bond acceptors (Lipinski definition) is 3. The van der Waals surface area contributed by atoms with Crippen molar-refractivity contribution in [2.24, 2.45) is 5.92 Å². The first-order chi connectivity index (χ1) is 9.74. The molecule has 1 aliphatic heterocycles. The van der Waals surface area contributed by atoms with Gasteiger partial charge in [0.05, 0.1) is 6.04 Å². The second kappa shape index (κ2) is 5.92. The van der Waals surface area contributed by atoms with Crippen LogP contribution in [0.3, 0.4) is 0 Å². The van der Waals surface area contributed by atoms with Gasteiger partial charge in [-0.1, -0.05) is 12.8 Å². The van der Waals surface area contributed by atoms with E-state index in [9.17, 15) is 4.79 Å². The van der Waals surface area contributed by atoms with Gasteiger partial charge >= 0.3 is 0 Å². The van der Waals surface area contributed by atoms with E-state index in [4.69, 9.17) is 0 Å². The van der Waals surface area contributed by atoms with Gasteiger partial charge in [-0.15, -0.1) is 0 Å². The molecule has 1 saturated carbocycles. The lowest BCUT2D eigenvalue weighted by Gasteiger charge is -2.39. The van der Waals surface area contributed by atoms with Crippen LogP contribution in [0.15, 0.2) is 18.5 Å². The van der Waals surface area contributed by atoms with Crippen molar-refractivity contribution in [2.75, 3.05) is 5.32 Å². The molecule has 108 valence electrons. The molecule has 4 nitrogen and oxygen atoms in total. The van der Waals surface area contributed by atoms with Crippen LogP contribution in [0.4, 0.5) is 5.69 Å². The standard InChI is InChI=1S/C16H23N3O/c1-11-10-17-9-8-13(11)19-16(20)15-7-6-12-4-2-3-5-14(12)18-15/h8-10,12,14-15,18H,2-7H2,1H3,(H,17,19,20). The van der Waals surface area contributed by atoms with Gasteiger partial charge in [0.15, 0.2) is 0 Å². The van der Waals surface area contributed by atoms with Gasteiger partial charge in [-0.2, -0.15) is 0 Å². The average Bonchev–Trinajstić information content (AvgIpc) is 2.49. The molecule has 2 heterocycles. The van der Waals surface area contributed by atoms with E-state index in [-0.39, 0.29) is 11.9 Å². The number of nitrogens with one attached hydrogen (secondary N) is 2. The van der Waals surface area contributed by atoms with Gasteiger partial charge in [0.2, 0.25) is 5.91 Å². The molecule has 2 aliphatic rings. The van der Waals surface area contributed by atoms with Crippen molar-refractivity contribution < 1.29 is 4.79 Å². The number of pyridine rings is 1. The van der Waals surface area contributed by atoms with Crippen molar-refractivity contribution in [1.82, 2.24) is 10.3 Å². The Hall–Kier alpha value is -1.42. The summed E-state index contributed by atoms with van der Waals surface area (Å²) in [7, 11) is 0. The molecular weight excluding hydrogens is 250 g/mol. The number of hydrogen-bond donors (Lipinski definition) is 2. The largest absolute Gasteiger partial charge is 0.324 e. The lowest BCUT2D eigenvalue weighted by atomic mass is 9.77. The second-order valence-electron chi connectivity index (χ2n) is 6.13. The number of aromatic nitrogens is 1. The van der Waals surface area contributed by atoms with E-state index >= 15 is 0 Å². The van der Waals surface area contributed by atoms with Crippen LogP contribution in [0.5, 0.6) is 0 Å². The van der Waals surface area contributed by atoms with Crippen molar-refractivity contribution in [3.63, 3.8) is 0 Å². The van der Waals surface area contributed by atoms with Gasteiger partial charge in [-0.05, 0) is 50.2 Å². The molecule has 0 radical (unpaired) electrons. The van der Waals surface area contributed by atoms with Crippen molar-refractivity contribution >= 4 is 11.6 Å². The number of piperidine rings is 1. The van der Waals surface area contributed by atoms with Crippen molar-refractivity contribution in [2.45, 2.75) is 57.5 Å². The highest BCUT2D eigenvalue weighted by atomic mass is 16.2. The van der Waals surface area contributed by atoms with E-state index < -0.39 is 0 Å². The minimum Gasteiger partial charge on any atom is -0.324 e. The molecule has 1 aromatic rings. The summed E-state index contributed by atoms with van der Waals surface area (Å²) in [5.74, 6) is 0.888. The topological polar surface area (TPSA) is 54.0 Å². The highest BCUT2D eigenvalue weighted by molar-refractivity contribution is 5.95. The molecule has 3 atom stereocenters. The maximum atomic E-state index is 12.4. The second-order valence-corrected chi connectivity index (χ2v) is 6.13. The molecule has 2 N–H and O–H groups in total.